The number of aromatic nitrogens is 3. The molecule has 8 rings (SSSR count). The molecule has 4 aromatic carbocycles. The van der Waals surface area contributed by atoms with E-state index in [0.29, 0.717) is 42.1 Å². The number of aryl methyl sites for hydroxylation is 1. The number of benzene rings is 4. The average Bonchev–Trinajstić information content (AvgIpc) is 3.93. The maximum Gasteiger partial charge on any atom is 0.269 e. The number of aliphatic hydroxyl groups is 1. The van der Waals surface area contributed by atoms with Crippen molar-refractivity contribution in [2.24, 2.45) is 11.8 Å². The van der Waals surface area contributed by atoms with Gasteiger partial charge in [0.15, 0.2) is 5.60 Å². The van der Waals surface area contributed by atoms with Gasteiger partial charge in [0.2, 0.25) is 5.91 Å². The molecule has 0 bridgehead atoms. The van der Waals surface area contributed by atoms with Gasteiger partial charge in [-0.15, -0.1) is 5.10 Å². The lowest BCUT2D eigenvalue weighted by atomic mass is 9.82. The summed E-state index contributed by atoms with van der Waals surface area (Å²) in [4.78, 5) is 42.1. The minimum atomic E-state index is -2.53. The first kappa shape index (κ1) is 42.0. The Bertz CT molecular complexity index is 2390. The Balaban J connectivity index is 1.14. The highest BCUT2D eigenvalue weighted by atomic mass is 28.3. The molecule has 0 aliphatic carbocycles. The van der Waals surface area contributed by atoms with E-state index in [4.69, 9.17) is 9.47 Å². The number of carbonyl (C=O) groups excluding carboxylic acids is 2. The van der Waals surface area contributed by atoms with E-state index in [0.717, 1.165) is 41.4 Å². The smallest absolute Gasteiger partial charge is 0.269 e. The van der Waals surface area contributed by atoms with Crippen molar-refractivity contribution in [2.45, 2.75) is 75.5 Å². The second kappa shape index (κ2) is 17.3. The number of rotatable bonds is 14. The van der Waals surface area contributed by atoms with Crippen molar-refractivity contribution >= 4 is 42.1 Å². The summed E-state index contributed by atoms with van der Waals surface area (Å²) in [5, 5.41) is 39.1. The van der Waals surface area contributed by atoms with Gasteiger partial charge < -0.3 is 30.1 Å². The number of ether oxygens (including phenoxy) is 2. The van der Waals surface area contributed by atoms with Gasteiger partial charge in [-0.3, -0.25) is 24.4 Å². The predicted molar refractivity (Wildman–Crippen MR) is 235 cm³/mol. The zero-order chi connectivity index (χ0) is 42.9. The van der Waals surface area contributed by atoms with E-state index in [1.165, 1.54) is 12.1 Å². The first-order valence-electron chi connectivity index (χ1n) is 21.0. The van der Waals surface area contributed by atoms with E-state index in [9.17, 15) is 20.0 Å². The Morgan fingerprint density at radius 3 is 2.59 bits per heavy atom. The third-order valence-corrected chi connectivity index (χ3v) is 17.5. The first-order valence-corrected chi connectivity index (χ1v) is 24.1. The summed E-state index contributed by atoms with van der Waals surface area (Å²) in [5.74, 6) is -0.423. The SMILES string of the molecule is COc1ccc([Si](C)(C)[C@@H]2[C@@H](CCn3cc(C(CO)c4ccccc4)nn3)O[C@]3(C(=O)N(Cc4cccc(NC(=O)C5CCCNC5)c4)c4ccc([N+](=O)[O-])cc43)[C@H]2C)cc1. The van der Waals surface area contributed by atoms with Crippen LogP contribution in [0.4, 0.5) is 17.1 Å². The molecule has 2 fully saturated rings. The molecule has 2 saturated heterocycles. The van der Waals surface area contributed by atoms with E-state index in [1.54, 1.807) is 22.8 Å². The van der Waals surface area contributed by atoms with E-state index in [2.05, 4.69) is 53.1 Å². The molecule has 2 unspecified atom stereocenters. The molecule has 6 atom stereocenters. The largest absolute Gasteiger partial charge is 0.497 e. The number of carbonyl (C=O) groups is 2. The number of non-ortho nitro benzene ring substituents is 1. The fraction of sp³-hybridized carbons (Fsp3) is 0.391. The molecule has 3 aliphatic heterocycles. The summed E-state index contributed by atoms with van der Waals surface area (Å²) in [6.45, 7) is 8.64. The Kier molecular flexibility index (Phi) is 11.9. The fourth-order valence-corrected chi connectivity index (χ4v) is 14.0. The van der Waals surface area contributed by atoms with Crippen molar-refractivity contribution in [2.75, 3.05) is 37.0 Å². The average molecular weight is 844 g/mol. The summed E-state index contributed by atoms with van der Waals surface area (Å²) in [7, 11) is -0.894. The van der Waals surface area contributed by atoms with Crippen LogP contribution in [0.3, 0.4) is 0 Å². The topological polar surface area (TPSA) is 174 Å². The highest BCUT2D eigenvalue weighted by Gasteiger charge is 2.66. The van der Waals surface area contributed by atoms with Crippen LogP contribution < -0.4 is 25.5 Å². The number of amides is 2. The Morgan fingerprint density at radius 1 is 1.10 bits per heavy atom. The molecule has 4 heterocycles. The van der Waals surface area contributed by atoms with Crippen LogP contribution >= 0.6 is 0 Å². The van der Waals surface area contributed by atoms with Crippen LogP contribution in [-0.2, 0) is 33.0 Å². The van der Waals surface area contributed by atoms with Gasteiger partial charge in [0.1, 0.15) is 5.75 Å². The number of aliphatic hydroxyl groups excluding tert-OH is 1. The lowest BCUT2D eigenvalue weighted by molar-refractivity contribution is -0.385. The number of hydrogen-bond donors (Lipinski definition) is 3. The van der Waals surface area contributed by atoms with Crippen LogP contribution in [0.15, 0.2) is 103 Å². The maximum absolute atomic E-state index is 15.4. The summed E-state index contributed by atoms with van der Waals surface area (Å²) >= 11 is 0. The van der Waals surface area contributed by atoms with Gasteiger partial charge in [-0.25, -0.2) is 0 Å². The van der Waals surface area contributed by atoms with Gasteiger partial charge in [0, 0.05) is 48.6 Å². The highest BCUT2D eigenvalue weighted by Crippen LogP contribution is 2.60. The summed E-state index contributed by atoms with van der Waals surface area (Å²) < 4.78 is 14.5. The Labute approximate surface area is 356 Å². The van der Waals surface area contributed by atoms with Crippen molar-refractivity contribution in [3.63, 3.8) is 0 Å². The molecule has 0 saturated carbocycles. The number of piperidine rings is 1. The molecular weight excluding hydrogens is 791 g/mol. The molecule has 5 aromatic rings. The van der Waals surface area contributed by atoms with Gasteiger partial charge >= 0.3 is 0 Å². The summed E-state index contributed by atoms with van der Waals surface area (Å²) in [6, 6.07) is 29.9. The van der Waals surface area contributed by atoms with E-state index >= 15 is 4.79 Å². The predicted octanol–water partition coefficient (Wildman–Crippen LogP) is 6.11. The van der Waals surface area contributed by atoms with Gasteiger partial charge in [0.25, 0.3) is 11.6 Å². The number of nitro benzene ring substituents is 1. The van der Waals surface area contributed by atoms with Crippen LogP contribution in [0.5, 0.6) is 5.75 Å². The van der Waals surface area contributed by atoms with E-state index in [-0.39, 0.29) is 48.0 Å². The van der Waals surface area contributed by atoms with Gasteiger partial charge in [-0.1, -0.05) is 85.0 Å². The summed E-state index contributed by atoms with van der Waals surface area (Å²) in [6.07, 6.45) is 3.65. The van der Waals surface area contributed by atoms with E-state index in [1.807, 2.05) is 72.9 Å². The van der Waals surface area contributed by atoms with Crippen molar-refractivity contribution < 1.29 is 29.1 Å². The quantitative estimate of drug-likeness (QED) is 0.0673. The third kappa shape index (κ3) is 7.98. The number of methoxy groups -OCH3 is 1. The van der Waals surface area contributed by atoms with Gasteiger partial charge in [0.05, 0.1) is 62.6 Å². The highest BCUT2D eigenvalue weighted by molar-refractivity contribution is 6.91. The number of nitrogens with one attached hydrogen (secondary N) is 2. The van der Waals surface area contributed by atoms with Crippen LogP contribution in [0, 0.1) is 22.0 Å². The van der Waals surface area contributed by atoms with Crippen LogP contribution in [0.25, 0.3) is 0 Å². The fourth-order valence-electron chi connectivity index (χ4n) is 9.99. The molecule has 3 aliphatic rings. The number of anilines is 2. The van der Waals surface area contributed by atoms with E-state index < -0.39 is 30.6 Å². The van der Waals surface area contributed by atoms with Crippen molar-refractivity contribution in [1.29, 1.82) is 0 Å². The zero-order valence-electron chi connectivity index (χ0n) is 35.0. The zero-order valence-corrected chi connectivity index (χ0v) is 36.0. The summed E-state index contributed by atoms with van der Waals surface area (Å²) in [5.41, 5.74) is 2.29. The second-order valence-electron chi connectivity index (χ2n) is 17.1. The number of hydrogen-bond acceptors (Lipinski definition) is 10. The minimum Gasteiger partial charge on any atom is -0.497 e. The molecule has 2 amide bonds. The molecule has 1 spiro atoms. The maximum atomic E-state index is 15.4. The van der Waals surface area contributed by atoms with Gasteiger partial charge in [-0.2, -0.15) is 0 Å². The molecule has 15 heteroatoms. The normalized spacial score (nSPS) is 22.9. The second-order valence-corrected chi connectivity index (χ2v) is 21.8. The molecule has 3 N–H and O–H groups in total. The lowest BCUT2D eigenvalue weighted by Crippen LogP contribution is -2.51. The van der Waals surface area contributed by atoms with Crippen molar-refractivity contribution in [3.05, 3.63) is 136 Å². The molecule has 1 aromatic heterocycles. The molecule has 61 heavy (non-hydrogen) atoms. The lowest BCUT2D eigenvalue weighted by Gasteiger charge is -2.37. The van der Waals surface area contributed by atoms with Crippen molar-refractivity contribution in [3.8, 4) is 5.75 Å². The minimum absolute atomic E-state index is 0.0429. The van der Waals surface area contributed by atoms with Crippen LogP contribution in [0.1, 0.15) is 54.5 Å². The van der Waals surface area contributed by atoms with Crippen LogP contribution in [-0.4, -0.2) is 77.8 Å². The monoisotopic (exact) mass is 843 g/mol. The molecule has 318 valence electrons. The van der Waals surface area contributed by atoms with Crippen molar-refractivity contribution in [1.82, 2.24) is 20.3 Å². The Morgan fingerprint density at radius 2 is 1.89 bits per heavy atom. The number of nitro groups is 1. The molecule has 14 nitrogen and oxygen atoms in total. The third-order valence-electron chi connectivity index (χ3n) is 13.2. The number of fused-ring (bicyclic) bond motifs is 2. The number of nitrogens with zero attached hydrogens (tertiary/aromatic N) is 5. The van der Waals surface area contributed by atoms with Gasteiger partial charge in [-0.05, 0) is 72.8 Å². The molecule has 0 radical (unpaired) electrons. The van der Waals surface area contributed by atoms with Crippen LogP contribution in [0.2, 0.25) is 18.6 Å². The standard InChI is InChI=1S/C46H53N7O7Si/c1-30-43(61(3,4)37-18-16-36(59-2)17-19-37)42(21-23-51-28-40(49-50-51)38(29-54)32-11-6-5-7-12-32)60-46(30)39-25-35(53(57)58)15-20-41(39)52(45(46)56)27-31-10-8-14-34(24-31)48-44(55)33-13-9-22-47-26-33/h5-8,10-12,14-20,24-25,28,30,33,38,42-43,47,54H,9,13,21-23,26-27,29H2,1-4H3,(H,48,55)/t30-,33?,38?,42+,43-,46+/m0/s1. The first-order chi connectivity index (χ1) is 29.4. The molecular formula is C46H53N7O7Si. The Hall–Kier alpha value is -5.74.